The third kappa shape index (κ3) is 8.43. The highest BCUT2D eigenvalue weighted by atomic mass is 32.2. The first kappa shape index (κ1) is 31.9. The smallest absolute Gasteiger partial charge is 0.264 e. The number of sulfonamides is 1. The summed E-state index contributed by atoms with van der Waals surface area (Å²) < 4.78 is 29.3. The quantitative estimate of drug-likeness (QED) is 0.323. The fraction of sp³-hybridized carbons (Fsp3) is 0.394. The van der Waals surface area contributed by atoms with E-state index in [1.54, 1.807) is 30.3 Å². The van der Waals surface area contributed by atoms with Crippen LogP contribution in [0.25, 0.3) is 0 Å². The van der Waals surface area contributed by atoms with Crippen molar-refractivity contribution in [1.82, 2.24) is 10.2 Å². The Morgan fingerprint density at radius 1 is 0.878 bits per heavy atom. The van der Waals surface area contributed by atoms with Gasteiger partial charge in [0.05, 0.1) is 10.6 Å². The van der Waals surface area contributed by atoms with Crippen LogP contribution in [0.1, 0.15) is 56.4 Å². The molecule has 0 aliphatic rings. The van der Waals surface area contributed by atoms with Crippen LogP contribution in [0.2, 0.25) is 0 Å². The van der Waals surface area contributed by atoms with E-state index >= 15 is 0 Å². The van der Waals surface area contributed by atoms with Crippen LogP contribution in [-0.4, -0.2) is 49.8 Å². The zero-order valence-electron chi connectivity index (χ0n) is 25.3. The molecule has 0 saturated carbocycles. The van der Waals surface area contributed by atoms with Gasteiger partial charge in [0.2, 0.25) is 11.8 Å². The van der Waals surface area contributed by atoms with E-state index in [0.29, 0.717) is 18.5 Å². The Balaban J connectivity index is 2.05. The van der Waals surface area contributed by atoms with E-state index in [0.717, 1.165) is 22.3 Å². The molecule has 0 saturated heterocycles. The van der Waals surface area contributed by atoms with Crippen LogP contribution in [0.4, 0.5) is 5.69 Å². The largest absolute Gasteiger partial charge is 0.350 e. The third-order valence-corrected chi connectivity index (χ3v) is 8.65. The summed E-state index contributed by atoms with van der Waals surface area (Å²) in [4.78, 5) is 29.2. The second kappa shape index (κ2) is 13.3. The first-order chi connectivity index (χ1) is 19.2. The Bertz CT molecular complexity index is 1450. The average Bonchev–Trinajstić information content (AvgIpc) is 2.89. The van der Waals surface area contributed by atoms with Crippen LogP contribution < -0.4 is 9.62 Å². The van der Waals surface area contributed by atoms with Gasteiger partial charge in [-0.25, -0.2) is 8.42 Å². The highest BCUT2D eigenvalue weighted by molar-refractivity contribution is 7.92. The predicted octanol–water partition coefficient (Wildman–Crippen LogP) is 5.57. The van der Waals surface area contributed by atoms with Gasteiger partial charge in [-0.2, -0.15) is 0 Å². The fourth-order valence-corrected chi connectivity index (χ4v) is 6.26. The Labute approximate surface area is 245 Å². The SMILES string of the molecule is CCC(C(=O)NC(C)(C)C)N(CCc1ccccc1)C(=O)CN(c1ccc(C)cc1C)S(=O)(=O)c1ccc(C)cc1. The lowest BCUT2D eigenvalue weighted by Crippen LogP contribution is -2.56. The first-order valence-electron chi connectivity index (χ1n) is 14.0. The summed E-state index contributed by atoms with van der Waals surface area (Å²) in [7, 11) is -4.10. The van der Waals surface area contributed by atoms with Crippen molar-refractivity contribution in [3.05, 3.63) is 95.1 Å². The van der Waals surface area contributed by atoms with E-state index in [1.165, 1.54) is 9.21 Å². The molecule has 3 aromatic carbocycles. The van der Waals surface area contributed by atoms with Gasteiger partial charge in [-0.1, -0.05) is 72.6 Å². The molecule has 220 valence electrons. The molecule has 0 radical (unpaired) electrons. The predicted molar refractivity (Wildman–Crippen MR) is 165 cm³/mol. The van der Waals surface area contributed by atoms with Gasteiger partial charge in [0.15, 0.2) is 0 Å². The van der Waals surface area contributed by atoms with Gasteiger partial charge < -0.3 is 10.2 Å². The summed E-state index contributed by atoms with van der Waals surface area (Å²) >= 11 is 0. The summed E-state index contributed by atoms with van der Waals surface area (Å²) in [6, 6.07) is 21.1. The molecule has 0 aliphatic carbocycles. The topological polar surface area (TPSA) is 86.8 Å². The number of carbonyl (C=O) groups is 2. The molecule has 0 spiro atoms. The van der Waals surface area contributed by atoms with Gasteiger partial charge in [-0.05, 0) is 83.7 Å². The van der Waals surface area contributed by atoms with Gasteiger partial charge >= 0.3 is 0 Å². The molecule has 1 atom stereocenters. The molecular formula is C33H43N3O4S. The number of anilines is 1. The number of aryl methyl sites for hydroxylation is 3. The maximum atomic E-state index is 14.2. The van der Waals surface area contributed by atoms with Crippen LogP contribution >= 0.6 is 0 Å². The van der Waals surface area contributed by atoms with Crippen molar-refractivity contribution in [2.75, 3.05) is 17.4 Å². The molecule has 7 nitrogen and oxygen atoms in total. The molecule has 0 aliphatic heterocycles. The number of carbonyl (C=O) groups excluding carboxylic acids is 2. The van der Waals surface area contributed by atoms with Crippen LogP contribution in [0, 0.1) is 20.8 Å². The van der Waals surface area contributed by atoms with Gasteiger partial charge in [0, 0.05) is 12.1 Å². The number of nitrogens with zero attached hydrogens (tertiary/aromatic N) is 2. The lowest BCUT2D eigenvalue weighted by molar-refractivity contribution is -0.140. The van der Waals surface area contributed by atoms with Crippen molar-refractivity contribution in [3.8, 4) is 0 Å². The number of amides is 2. The van der Waals surface area contributed by atoms with Gasteiger partial charge in [0.25, 0.3) is 10.0 Å². The fourth-order valence-electron chi connectivity index (χ4n) is 4.78. The molecule has 0 heterocycles. The van der Waals surface area contributed by atoms with Crippen molar-refractivity contribution >= 4 is 27.5 Å². The number of benzene rings is 3. The number of hydrogen-bond acceptors (Lipinski definition) is 4. The standard InChI is InChI=1S/C33H43N3O4S/c1-8-29(32(38)34-33(5,6)7)35(21-20-27-12-10-9-11-13-27)31(37)23-36(30-19-16-25(3)22-26(30)4)41(39,40)28-17-14-24(2)15-18-28/h9-19,22,29H,8,20-21,23H2,1-7H3,(H,34,38). The molecule has 0 bridgehead atoms. The number of nitrogens with one attached hydrogen (secondary N) is 1. The van der Waals surface area contributed by atoms with Gasteiger partial charge in [0.1, 0.15) is 12.6 Å². The molecular weight excluding hydrogens is 534 g/mol. The average molecular weight is 578 g/mol. The molecule has 1 N–H and O–H groups in total. The summed E-state index contributed by atoms with van der Waals surface area (Å²) in [5.41, 5.74) is 3.62. The second-order valence-electron chi connectivity index (χ2n) is 11.6. The van der Waals surface area contributed by atoms with E-state index < -0.39 is 34.1 Å². The molecule has 3 rings (SSSR count). The van der Waals surface area contributed by atoms with Gasteiger partial charge in [-0.3, -0.25) is 13.9 Å². The lowest BCUT2D eigenvalue weighted by atomic mass is 10.1. The lowest BCUT2D eigenvalue weighted by Gasteiger charge is -2.35. The van der Waals surface area contributed by atoms with Crippen LogP contribution in [-0.2, 0) is 26.0 Å². The number of rotatable bonds is 11. The van der Waals surface area contributed by atoms with Crippen molar-refractivity contribution < 1.29 is 18.0 Å². The second-order valence-corrected chi connectivity index (χ2v) is 13.5. The van der Waals surface area contributed by atoms with E-state index in [9.17, 15) is 18.0 Å². The third-order valence-electron chi connectivity index (χ3n) is 6.88. The molecule has 0 fully saturated rings. The molecule has 0 aromatic heterocycles. The monoisotopic (exact) mass is 577 g/mol. The zero-order chi connectivity index (χ0) is 30.4. The Hall–Kier alpha value is -3.65. The maximum absolute atomic E-state index is 14.2. The summed E-state index contributed by atoms with van der Waals surface area (Å²) in [5.74, 6) is -0.701. The Morgan fingerprint density at radius 2 is 1.49 bits per heavy atom. The zero-order valence-corrected chi connectivity index (χ0v) is 26.1. The highest BCUT2D eigenvalue weighted by Gasteiger charge is 2.34. The normalized spacial score (nSPS) is 12.5. The number of hydrogen-bond donors (Lipinski definition) is 1. The molecule has 3 aromatic rings. The van der Waals surface area contributed by atoms with E-state index in [4.69, 9.17) is 0 Å². The maximum Gasteiger partial charge on any atom is 0.264 e. The summed E-state index contributed by atoms with van der Waals surface area (Å²) in [6.07, 6.45) is 0.914. The molecule has 1 unspecified atom stereocenters. The highest BCUT2D eigenvalue weighted by Crippen LogP contribution is 2.28. The summed E-state index contributed by atoms with van der Waals surface area (Å²) in [5, 5.41) is 3.00. The van der Waals surface area contributed by atoms with E-state index in [-0.39, 0.29) is 17.3 Å². The van der Waals surface area contributed by atoms with E-state index in [2.05, 4.69) is 5.32 Å². The van der Waals surface area contributed by atoms with Gasteiger partial charge in [-0.15, -0.1) is 0 Å². The minimum atomic E-state index is -4.10. The van der Waals surface area contributed by atoms with E-state index in [1.807, 2.05) is 90.9 Å². The molecule has 41 heavy (non-hydrogen) atoms. The molecule has 2 amide bonds. The van der Waals surface area contributed by atoms with Crippen LogP contribution in [0.5, 0.6) is 0 Å². The van der Waals surface area contributed by atoms with Crippen LogP contribution in [0.3, 0.4) is 0 Å². The first-order valence-corrected chi connectivity index (χ1v) is 15.5. The van der Waals surface area contributed by atoms with Crippen molar-refractivity contribution in [3.63, 3.8) is 0 Å². The minimum absolute atomic E-state index is 0.101. The minimum Gasteiger partial charge on any atom is -0.350 e. The Morgan fingerprint density at radius 3 is 2.05 bits per heavy atom. The summed E-state index contributed by atoms with van der Waals surface area (Å²) in [6.45, 7) is 13.0. The van der Waals surface area contributed by atoms with Crippen molar-refractivity contribution in [2.45, 2.75) is 77.8 Å². The van der Waals surface area contributed by atoms with Crippen LogP contribution in [0.15, 0.2) is 77.7 Å². The van der Waals surface area contributed by atoms with Crippen molar-refractivity contribution in [2.24, 2.45) is 0 Å². The molecule has 8 heteroatoms. The Kier molecular flexibility index (Phi) is 10.4. The van der Waals surface area contributed by atoms with Crippen molar-refractivity contribution in [1.29, 1.82) is 0 Å².